The van der Waals surface area contributed by atoms with Gasteiger partial charge < -0.3 is 20.5 Å². The van der Waals surface area contributed by atoms with Gasteiger partial charge in [-0.15, -0.1) is 0 Å². The number of aromatic amines is 1. The van der Waals surface area contributed by atoms with Crippen LogP contribution in [0.25, 0.3) is 22.2 Å². The van der Waals surface area contributed by atoms with E-state index in [1.165, 1.54) is 24.3 Å². The molecule has 0 unspecified atom stereocenters. The Morgan fingerprint density at radius 1 is 1.06 bits per heavy atom. The predicted molar refractivity (Wildman–Crippen MR) is 133 cm³/mol. The second kappa shape index (κ2) is 9.41. The van der Waals surface area contributed by atoms with E-state index in [1.807, 2.05) is 13.0 Å². The van der Waals surface area contributed by atoms with Crippen LogP contribution < -0.4 is 5.32 Å². The van der Waals surface area contributed by atoms with Crippen molar-refractivity contribution in [1.29, 1.82) is 0 Å². The summed E-state index contributed by atoms with van der Waals surface area (Å²) in [6.45, 7) is 2.44. The number of pyridine rings is 1. The van der Waals surface area contributed by atoms with Gasteiger partial charge in [-0.25, -0.2) is 4.39 Å². The highest BCUT2D eigenvalue weighted by atomic mass is 19.1. The van der Waals surface area contributed by atoms with Gasteiger partial charge in [0.25, 0.3) is 5.91 Å². The molecular weight excluding hydrogens is 445 g/mol. The third-order valence-electron chi connectivity index (χ3n) is 6.96. The number of aromatic nitrogens is 2. The summed E-state index contributed by atoms with van der Waals surface area (Å²) in [5, 5.41) is 23.6. The van der Waals surface area contributed by atoms with Crippen molar-refractivity contribution in [2.45, 2.75) is 38.5 Å². The SMILES string of the molecule is Cc1cc(C(=O)NCC2CCC(c3ccnc4ccc(F)cc34)CC2)c(-c2cc(O)cc(O)c2)[nH]1. The van der Waals surface area contributed by atoms with Crippen molar-refractivity contribution in [3.8, 4) is 22.8 Å². The topological polar surface area (TPSA) is 98.2 Å². The molecular formula is C28H28FN3O3. The van der Waals surface area contributed by atoms with E-state index >= 15 is 0 Å². The van der Waals surface area contributed by atoms with Crippen LogP contribution in [0.15, 0.2) is 54.7 Å². The number of halogens is 1. The van der Waals surface area contributed by atoms with Crippen LogP contribution in [0, 0.1) is 18.7 Å². The van der Waals surface area contributed by atoms with Crippen LogP contribution in [0.2, 0.25) is 0 Å². The van der Waals surface area contributed by atoms with Crippen LogP contribution in [0.3, 0.4) is 0 Å². The number of aryl methyl sites for hydroxylation is 1. The van der Waals surface area contributed by atoms with Crippen molar-refractivity contribution in [2.24, 2.45) is 5.92 Å². The minimum absolute atomic E-state index is 0.0694. The van der Waals surface area contributed by atoms with E-state index in [-0.39, 0.29) is 23.2 Å². The summed E-state index contributed by atoms with van der Waals surface area (Å²) in [6, 6.07) is 12.8. The summed E-state index contributed by atoms with van der Waals surface area (Å²) < 4.78 is 13.8. The van der Waals surface area contributed by atoms with Crippen molar-refractivity contribution >= 4 is 16.8 Å². The van der Waals surface area contributed by atoms with E-state index in [0.717, 1.165) is 47.8 Å². The first kappa shape index (κ1) is 22.9. The molecule has 35 heavy (non-hydrogen) atoms. The lowest BCUT2D eigenvalue weighted by molar-refractivity contribution is 0.0943. The molecule has 2 aromatic carbocycles. The van der Waals surface area contributed by atoms with Crippen LogP contribution in [0.5, 0.6) is 11.5 Å². The van der Waals surface area contributed by atoms with E-state index in [2.05, 4.69) is 15.3 Å². The van der Waals surface area contributed by atoms with Crippen molar-refractivity contribution in [3.63, 3.8) is 0 Å². The molecule has 2 heterocycles. The molecule has 0 bridgehead atoms. The number of rotatable bonds is 5. The molecule has 180 valence electrons. The number of hydrogen-bond donors (Lipinski definition) is 4. The molecule has 0 radical (unpaired) electrons. The van der Waals surface area contributed by atoms with Gasteiger partial charge in [0, 0.05) is 35.5 Å². The molecule has 1 saturated carbocycles. The zero-order chi connectivity index (χ0) is 24.5. The highest BCUT2D eigenvalue weighted by Crippen LogP contribution is 2.38. The maximum absolute atomic E-state index is 13.8. The number of aromatic hydroxyl groups is 2. The fourth-order valence-corrected chi connectivity index (χ4v) is 5.24. The zero-order valence-electron chi connectivity index (χ0n) is 19.5. The predicted octanol–water partition coefficient (Wildman–Crippen LogP) is 5.79. The number of H-pyrrole nitrogens is 1. The number of carbonyl (C=O) groups excluding carboxylic acids is 1. The highest BCUT2D eigenvalue weighted by molar-refractivity contribution is 6.00. The van der Waals surface area contributed by atoms with Crippen molar-refractivity contribution in [1.82, 2.24) is 15.3 Å². The van der Waals surface area contributed by atoms with Crippen LogP contribution in [0.1, 0.15) is 53.2 Å². The Kier molecular flexibility index (Phi) is 6.16. The fraction of sp³-hybridized carbons (Fsp3) is 0.286. The minimum Gasteiger partial charge on any atom is -0.508 e. The van der Waals surface area contributed by atoms with Crippen LogP contribution in [-0.4, -0.2) is 32.6 Å². The third kappa shape index (κ3) is 4.85. The molecule has 1 aliphatic rings. The molecule has 1 aliphatic carbocycles. The molecule has 5 rings (SSSR count). The smallest absolute Gasteiger partial charge is 0.253 e. The summed E-state index contributed by atoms with van der Waals surface area (Å²) in [7, 11) is 0. The quantitative estimate of drug-likeness (QED) is 0.295. The lowest BCUT2D eigenvalue weighted by Gasteiger charge is -2.29. The number of carbonyl (C=O) groups is 1. The van der Waals surface area contributed by atoms with E-state index in [4.69, 9.17) is 0 Å². The third-order valence-corrected chi connectivity index (χ3v) is 6.96. The van der Waals surface area contributed by atoms with Gasteiger partial charge in [-0.2, -0.15) is 0 Å². The van der Waals surface area contributed by atoms with Gasteiger partial charge >= 0.3 is 0 Å². The minimum atomic E-state index is -0.247. The van der Waals surface area contributed by atoms with Crippen molar-refractivity contribution in [2.75, 3.05) is 6.54 Å². The molecule has 2 aromatic heterocycles. The summed E-state index contributed by atoms with van der Waals surface area (Å²) >= 11 is 0. The Balaban J connectivity index is 1.23. The monoisotopic (exact) mass is 473 g/mol. The van der Waals surface area contributed by atoms with E-state index in [9.17, 15) is 19.4 Å². The maximum Gasteiger partial charge on any atom is 0.253 e. The molecule has 7 heteroatoms. The second-order valence-electron chi connectivity index (χ2n) is 9.47. The number of fused-ring (bicyclic) bond motifs is 1. The molecule has 4 aromatic rings. The first-order chi connectivity index (χ1) is 16.9. The molecule has 1 amide bonds. The lowest BCUT2D eigenvalue weighted by Crippen LogP contribution is -2.31. The van der Waals surface area contributed by atoms with Gasteiger partial charge in [0.1, 0.15) is 17.3 Å². The average molecular weight is 474 g/mol. The number of phenols is 2. The van der Waals surface area contributed by atoms with Gasteiger partial charge in [-0.3, -0.25) is 9.78 Å². The van der Waals surface area contributed by atoms with Crippen LogP contribution >= 0.6 is 0 Å². The van der Waals surface area contributed by atoms with E-state index in [0.29, 0.717) is 35.2 Å². The number of nitrogens with zero attached hydrogens (tertiary/aromatic N) is 1. The average Bonchev–Trinajstić information content (AvgIpc) is 3.24. The lowest BCUT2D eigenvalue weighted by atomic mass is 9.78. The molecule has 0 atom stereocenters. The zero-order valence-corrected chi connectivity index (χ0v) is 19.5. The molecule has 0 spiro atoms. The first-order valence-electron chi connectivity index (χ1n) is 11.9. The number of nitrogens with one attached hydrogen (secondary N) is 2. The van der Waals surface area contributed by atoms with Crippen LogP contribution in [-0.2, 0) is 0 Å². The Morgan fingerprint density at radius 2 is 1.80 bits per heavy atom. The Morgan fingerprint density at radius 3 is 2.54 bits per heavy atom. The Bertz CT molecular complexity index is 1370. The summed E-state index contributed by atoms with van der Waals surface area (Å²) in [4.78, 5) is 20.6. The van der Waals surface area contributed by atoms with Gasteiger partial charge in [-0.05, 0) is 92.5 Å². The van der Waals surface area contributed by atoms with Crippen LogP contribution in [0.4, 0.5) is 4.39 Å². The largest absolute Gasteiger partial charge is 0.508 e. The standard InChI is InChI=1S/C28H28FN3O3/c1-16-10-25(27(32-16)19-11-21(33)14-22(34)12-19)28(35)31-15-17-2-4-18(5-3-17)23-8-9-30-26-7-6-20(29)13-24(23)26/h6-14,17-18,32-34H,2-5,15H2,1H3,(H,31,35). The molecule has 1 fully saturated rings. The molecule has 6 nitrogen and oxygen atoms in total. The van der Waals surface area contributed by atoms with E-state index in [1.54, 1.807) is 24.4 Å². The van der Waals surface area contributed by atoms with Gasteiger partial charge in [0.05, 0.1) is 16.8 Å². The molecule has 4 N–H and O–H groups in total. The summed E-state index contributed by atoms with van der Waals surface area (Å²) in [5.74, 6) is 0.147. The Labute approximate surface area is 202 Å². The van der Waals surface area contributed by atoms with Gasteiger partial charge in [0.15, 0.2) is 0 Å². The second-order valence-corrected chi connectivity index (χ2v) is 9.47. The number of hydrogen-bond acceptors (Lipinski definition) is 4. The van der Waals surface area contributed by atoms with Gasteiger partial charge in [-0.1, -0.05) is 0 Å². The first-order valence-corrected chi connectivity index (χ1v) is 11.9. The molecule has 0 aliphatic heterocycles. The normalized spacial score (nSPS) is 18.0. The molecule has 0 saturated heterocycles. The van der Waals surface area contributed by atoms with Gasteiger partial charge in [0.2, 0.25) is 0 Å². The summed E-state index contributed by atoms with van der Waals surface area (Å²) in [5.41, 5.74) is 4.37. The fourth-order valence-electron chi connectivity index (χ4n) is 5.24. The Hall–Kier alpha value is -3.87. The van der Waals surface area contributed by atoms with Crippen molar-refractivity contribution < 1.29 is 19.4 Å². The number of amides is 1. The van der Waals surface area contributed by atoms with Crippen molar-refractivity contribution in [3.05, 3.63) is 77.4 Å². The maximum atomic E-state index is 13.8. The number of phenolic OH excluding ortho intramolecular Hbond substituents is 2. The van der Waals surface area contributed by atoms with E-state index < -0.39 is 0 Å². The highest BCUT2D eigenvalue weighted by Gasteiger charge is 2.25. The summed E-state index contributed by atoms with van der Waals surface area (Å²) in [6.07, 6.45) is 5.71. The number of benzene rings is 2.